The van der Waals surface area contributed by atoms with Gasteiger partial charge in [0.1, 0.15) is 11.5 Å². The van der Waals surface area contributed by atoms with Gasteiger partial charge in [0.15, 0.2) is 0 Å². The van der Waals surface area contributed by atoms with Crippen molar-refractivity contribution in [3.8, 4) is 67.1 Å². The maximum absolute atomic E-state index is 15.3. The van der Waals surface area contributed by atoms with Crippen LogP contribution in [-0.2, 0) is 26.9 Å². The zero-order valence-corrected chi connectivity index (χ0v) is 47.5. The molecule has 1 aliphatic heterocycles. The van der Waals surface area contributed by atoms with Gasteiger partial charge in [0.25, 0.3) is 0 Å². The third kappa shape index (κ3) is 8.49. The van der Waals surface area contributed by atoms with Crippen LogP contribution in [0.25, 0.3) is 120 Å². The normalized spacial score (nSPS) is 13.1. The average molecular weight is 1130 g/mol. The Balaban J connectivity index is 0.00000609. The van der Waals surface area contributed by atoms with Crippen LogP contribution in [0, 0.1) is 0 Å². The first-order chi connectivity index (χ1) is 37.2. The molecule has 78 heavy (non-hydrogen) atoms. The van der Waals surface area contributed by atoms with E-state index in [1.54, 1.807) is 0 Å². The Morgan fingerprint density at radius 3 is 0.808 bits per heavy atom. The van der Waals surface area contributed by atoms with Crippen LogP contribution in [-0.4, -0.2) is 0 Å². The van der Waals surface area contributed by atoms with Crippen LogP contribution in [0.3, 0.4) is 0 Å². The maximum atomic E-state index is 15.3. The molecule has 0 atom stereocenters. The van der Waals surface area contributed by atoms with Crippen molar-refractivity contribution in [3.63, 3.8) is 0 Å². The number of hydrogen-bond donors (Lipinski definition) is 0. The quantitative estimate of drug-likeness (QED) is 0.0864. The monoisotopic (exact) mass is 1130 g/mol. The summed E-state index contributed by atoms with van der Waals surface area (Å²) in [6, 6.07) is 69.5. The molecule has 0 spiro atoms. The predicted octanol–water partition coefficient (Wildman–Crippen LogP) is 20.7. The summed E-state index contributed by atoms with van der Waals surface area (Å²) in [4.78, 5) is 15.3. The molecular weight excluding hydrogens is 1070 g/mol. The SMILES string of the molecule is CC(C)c1cc(-c2c3ccccc3cc3ccccc23)cc(C(C)C)c1-c1cc2ccccc2c2c1OP(=O)([O-])Oc1c(-c3c(C(C)C)cc(-c4c5ccccc5cc5ccccc45)cc3C(C)C)cc3ccccc3c1-2.[Ag+]. The van der Waals surface area contributed by atoms with Crippen molar-refractivity contribution in [2.45, 2.75) is 79.1 Å². The van der Waals surface area contributed by atoms with Crippen LogP contribution in [0.2, 0.25) is 0 Å². The molecule has 0 aliphatic carbocycles. The Hall–Kier alpha value is -7.27. The van der Waals surface area contributed by atoms with E-state index in [0.29, 0.717) is 11.1 Å². The zero-order valence-electron chi connectivity index (χ0n) is 45.2. The predicted molar refractivity (Wildman–Crippen MR) is 324 cm³/mol. The molecule has 0 N–H and O–H groups in total. The fourth-order valence-corrected chi connectivity index (χ4v) is 13.6. The van der Waals surface area contributed by atoms with Crippen LogP contribution in [0.5, 0.6) is 11.5 Å². The van der Waals surface area contributed by atoms with Gasteiger partial charge in [-0.15, -0.1) is 0 Å². The molecule has 0 bridgehead atoms. The minimum Gasteiger partial charge on any atom is -0.736 e. The van der Waals surface area contributed by atoms with E-state index in [2.05, 4.69) is 237 Å². The first-order valence-electron chi connectivity index (χ1n) is 27.2. The van der Waals surface area contributed by atoms with Gasteiger partial charge in [0.05, 0.1) is 0 Å². The second-order valence-corrected chi connectivity index (χ2v) is 23.7. The summed E-state index contributed by atoms with van der Waals surface area (Å²) in [6.45, 7) is 17.9. The van der Waals surface area contributed by atoms with E-state index in [0.717, 1.165) is 77.2 Å². The third-order valence-electron chi connectivity index (χ3n) is 16.2. The second-order valence-electron chi connectivity index (χ2n) is 22.4. The molecule has 12 aromatic carbocycles. The molecule has 0 radical (unpaired) electrons. The molecule has 13 rings (SSSR count). The minimum atomic E-state index is -5.18. The van der Waals surface area contributed by atoms with Crippen LogP contribution in [0.15, 0.2) is 194 Å². The van der Waals surface area contributed by atoms with E-state index in [4.69, 9.17) is 9.05 Å². The summed E-state index contributed by atoms with van der Waals surface area (Å²) < 4.78 is 28.6. The summed E-state index contributed by atoms with van der Waals surface area (Å²) in [5.74, 6) is 0.745. The number of rotatable bonds is 8. The van der Waals surface area contributed by atoms with E-state index in [1.807, 2.05) is 12.1 Å². The van der Waals surface area contributed by atoms with Gasteiger partial charge >= 0.3 is 30.2 Å². The van der Waals surface area contributed by atoms with Gasteiger partial charge in [0, 0.05) is 22.3 Å². The molecule has 0 fully saturated rings. The molecule has 1 heterocycles. The molecule has 0 unspecified atom stereocenters. The first-order valence-corrected chi connectivity index (χ1v) is 28.7. The molecule has 0 saturated heterocycles. The molecule has 12 aromatic rings. The summed E-state index contributed by atoms with van der Waals surface area (Å²) in [7, 11) is -5.18. The van der Waals surface area contributed by atoms with E-state index < -0.39 is 7.82 Å². The molecule has 0 amide bonds. The van der Waals surface area contributed by atoms with E-state index in [-0.39, 0.29) is 57.6 Å². The standard InChI is InChI=1S/C72H61O4P.Ag/c1-41(2)59-37-51(65-53-27-15-9-21-45(53)33-46-22-10-16-28-54(46)65)38-60(42(3)4)67(59)63-35-49-25-13-19-31-57(49)69-70-58-32-20-14-26-50(58)36-64(72(70)76-77(73,74)75-71(63)69)68-61(43(5)6)39-52(40-62(68)44(7)8)66-55-29-17-11-23-47(55)34-48-24-12-18-30-56(48)66;/h9-44H,1-8H3,(H,73,74);/q;+1/p-1. The van der Waals surface area contributed by atoms with Crippen molar-refractivity contribution in [1.82, 2.24) is 0 Å². The smallest absolute Gasteiger partial charge is 0.736 e. The van der Waals surface area contributed by atoms with Crippen LogP contribution in [0.4, 0.5) is 0 Å². The molecule has 0 saturated carbocycles. The van der Waals surface area contributed by atoms with Crippen molar-refractivity contribution in [1.29, 1.82) is 0 Å². The molecule has 6 heteroatoms. The maximum Gasteiger partial charge on any atom is 1.00 e. The van der Waals surface area contributed by atoms with Crippen LogP contribution < -0.4 is 13.9 Å². The summed E-state index contributed by atoms with van der Waals surface area (Å²) in [5.41, 5.74) is 13.9. The number of fused-ring (bicyclic) bond motifs is 11. The van der Waals surface area contributed by atoms with Gasteiger partial charge in [-0.25, -0.2) is 4.57 Å². The Labute approximate surface area is 472 Å². The Bertz CT molecular complexity index is 4020. The average Bonchev–Trinajstić information content (AvgIpc) is 3.57. The zero-order chi connectivity index (χ0) is 53.0. The first kappa shape index (κ1) is 51.5. The molecule has 1 aliphatic rings. The topological polar surface area (TPSA) is 58.6 Å². The van der Waals surface area contributed by atoms with Gasteiger partial charge in [-0.05, 0) is 168 Å². The summed E-state index contributed by atoms with van der Waals surface area (Å²) >= 11 is 0. The van der Waals surface area contributed by atoms with Gasteiger partial charge in [-0.2, -0.15) is 0 Å². The van der Waals surface area contributed by atoms with Crippen molar-refractivity contribution < 1.29 is 40.9 Å². The molecular formula is C72H60AgO4P. The summed E-state index contributed by atoms with van der Waals surface area (Å²) in [5, 5.41) is 13.2. The molecule has 0 aromatic heterocycles. The Kier molecular flexibility index (Phi) is 13.1. The summed E-state index contributed by atoms with van der Waals surface area (Å²) in [6.07, 6.45) is 0. The van der Waals surface area contributed by atoms with Crippen molar-refractivity contribution in [3.05, 3.63) is 216 Å². The third-order valence-corrected chi connectivity index (χ3v) is 17.0. The second kappa shape index (κ2) is 19.9. The van der Waals surface area contributed by atoms with E-state index >= 15 is 9.46 Å². The van der Waals surface area contributed by atoms with Crippen molar-refractivity contribution >= 4 is 72.5 Å². The fourth-order valence-electron chi connectivity index (χ4n) is 12.7. The van der Waals surface area contributed by atoms with Gasteiger partial charge < -0.3 is 13.9 Å². The van der Waals surface area contributed by atoms with Gasteiger partial charge in [-0.1, -0.05) is 225 Å². The molecule has 4 nitrogen and oxygen atoms in total. The van der Waals surface area contributed by atoms with Crippen LogP contribution >= 0.6 is 7.82 Å². The van der Waals surface area contributed by atoms with Gasteiger partial charge in [0.2, 0.25) is 0 Å². The Morgan fingerprint density at radius 1 is 0.321 bits per heavy atom. The number of phosphoric acid groups is 1. The van der Waals surface area contributed by atoms with Gasteiger partial charge in [-0.3, -0.25) is 0 Å². The van der Waals surface area contributed by atoms with E-state index in [1.165, 1.54) is 54.2 Å². The Morgan fingerprint density at radius 2 is 0.551 bits per heavy atom. The molecule has 388 valence electrons. The van der Waals surface area contributed by atoms with E-state index in [9.17, 15) is 0 Å². The number of benzene rings is 12. The fraction of sp³-hybridized carbons (Fsp3) is 0.167. The number of hydrogen-bond acceptors (Lipinski definition) is 4. The van der Waals surface area contributed by atoms with Crippen molar-refractivity contribution in [2.75, 3.05) is 0 Å². The largest absolute Gasteiger partial charge is 1.00 e. The number of phosphoric ester groups is 1. The minimum absolute atomic E-state index is 0. The van der Waals surface area contributed by atoms with Crippen LogP contribution in [0.1, 0.15) is 101 Å². The van der Waals surface area contributed by atoms with Crippen molar-refractivity contribution in [2.24, 2.45) is 0 Å².